The largest absolute Gasteiger partial charge is 0.508 e. The third-order valence-electron chi connectivity index (χ3n) is 2.93. The van der Waals surface area contributed by atoms with E-state index < -0.39 is 0 Å². The molecular weight excluding hydrogens is 136 g/mol. The summed E-state index contributed by atoms with van der Waals surface area (Å²) in [6.07, 6.45) is 8.47. The zero-order valence-electron chi connectivity index (χ0n) is 6.25. The molecule has 0 saturated heterocycles. The van der Waals surface area contributed by atoms with Crippen LogP contribution >= 0.6 is 0 Å². The highest BCUT2D eigenvalue weighted by Crippen LogP contribution is 2.55. The molecule has 11 heavy (non-hydrogen) atoms. The first-order valence-electron chi connectivity index (χ1n) is 4.16. The van der Waals surface area contributed by atoms with Crippen LogP contribution in [0.3, 0.4) is 0 Å². The van der Waals surface area contributed by atoms with E-state index in [1.54, 1.807) is 5.57 Å². The number of hydrogen-bond acceptors (Lipinski definition) is 1. The standard InChI is InChI=1S/C10H10O/c11-8-1-2-9-6(4-8)3-7-5-10(7)9/h1,3-4,9-11H,2,5H2. The minimum atomic E-state index is 0.453. The fourth-order valence-electron chi connectivity index (χ4n) is 2.24. The molecule has 2 atom stereocenters. The average Bonchev–Trinajstić information content (AvgIpc) is 2.63. The normalized spacial score (nSPS) is 38.4. The molecule has 1 fully saturated rings. The number of aliphatic hydroxyl groups is 1. The van der Waals surface area contributed by atoms with E-state index in [1.807, 2.05) is 12.2 Å². The molecule has 0 heterocycles. The summed E-state index contributed by atoms with van der Waals surface area (Å²) in [5, 5.41) is 9.21. The highest BCUT2D eigenvalue weighted by atomic mass is 16.3. The van der Waals surface area contributed by atoms with Crippen molar-refractivity contribution in [2.75, 3.05) is 0 Å². The second-order valence-corrected chi connectivity index (χ2v) is 3.65. The lowest BCUT2D eigenvalue weighted by molar-refractivity contribution is 0.416. The molecule has 0 spiro atoms. The summed E-state index contributed by atoms with van der Waals surface area (Å²) in [5.41, 5.74) is 2.96. The Kier molecular flexibility index (Phi) is 0.823. The molecule has 3 aliphatic rings. The van der Waals surface area contributed by atoms with E-state index in [0.717, 1.165) is 18.3 Å². The molecule has 0 amide bonds. The summed E-state index contributed by atoms with van der Waals surface area (Å²) < 4.78 is 0. The Labute approximate surface area is 65.7 Å². The van der Waals surface area contributed by atoms with Gasteiger partial charge in [0.15, 0.2) is 0 Å². The predicted octanol–water partition coefficient (Wildman–Crippen LogP) is 2.33. The van der Waals surface area contributed by atoms with E-state index in [2.05, 4.69) is 6.08 Å². The Morgan fingerprint density at radius 3 is 3.09 bits per heavy atom. The van der Waals surface area contributed by atoms with Gasteiger partial charge in [-0.2, -0.15) is 0 Å². The van der Waals surface area contributed by atoms with E-state index in [0.29, 0.717) is 5.76 Å². The van der Waals surface area contributed by atoms with Gasteiger partial charge in [0, 0.05) is 0 Å². The lowest BCUT2D eigenvalue weighted by Crippen LogP contribution is -2.05. The van der Waals surface area contributed by atoms with E-state index in [9.17, 15) is 5.11 Å². The highest BCUT2D eigenvalue weighted by molar-refractivity contribution is 5.49. The third-order valence-corrected chi connectivity index (χ3v) is 2.93. The van der Waals surface area contributed by atoms with Crippen molar-refractivity contribution in [2.45, 2.75) is 12.8 Å². The van der Waals surface area contributed by atoms with Gasteiger partial charge < -0.3 is 5.11 Å². The Bertz CT molecular complexity index is 307. The molecule has 1 saturated carbocycles. The quantitative estimate of drug-likeness (QED) is 0.556. The molecule has 0 bridgehead atoms. The first kappa shape index (κ1) is 5.64. The smallest absolute Gasteiger partial charge is 0.111 e. The van der Waals surface area contributed by atoms with Crippen molar-refractivity contribution in [1.29, 1.82) is 0 Å². The molecule has 0 aromatic carbocycles. The van der Waals surface area contributed by atoms with Crippen molar-refractivity contribution in [3.63, 3.8) is 0 Å². The van der Waals surface area contributed by atoms with E-state index in [4.69, 9.17) is 0 Å². The Morgan fingerprint density at radius 1 is 1.27 bits per heavy atom. The maximum atomic E-state index is 9.21. The lowest BCUT2D eigenvalue weighted by atomic mass is 9.90. The van der Waals surface area contributed by atoms with Gasteiger partial charge in [-0.15, -0.1) is 0 Å². The van der Waals surface area contributed by atoms with Gasteiger partial charge in [-0.3, -0.25) is 0 Å². The van der Waals surface area contributed by atoms with Crippen LogP contribution in [-0.2, 0) is 0 Å². The summed E-state index contributed by atoms with van der Waals surface area (Å²) in [7, 11) is 0. The molecule has 0 radical (unpaired) electrons. The summed E-state index contributed by atoms with van der Waals surface area (Å²) in [6, 6.07) is 0. The van der Waals surface area contributed by atoms with Gasteiger partial charge in [0.2, 0.25) is 0 Å². The van der Waals surface area contributed by atoms with E-state index >= 15 is 0 Å². The van der Waals surface area contributed by atoms with Crippen LogP contribution in [0.5, 0.6) is 0 Å². The monoisotopic (exact) mass is 146 g/mol. The summed E-state index contributed by atoms with van der Waals surface area (Å²) in [5.74, 6) is 2.03. The summed E-state index contributed by atoms with van der Waals surface area (Å²) in [6.45, 7) is 0. The van der Waals surface area contributed by atoms with Gasteiger partial charge in [-0.1, -0.05) is 11.6 Å². The number of rotatable bonds is 0. The van der Waals surface area contributed by atoms with E-state index in [1.165, 1.54) is 12.0 Å². The van der Waals surface area contributed by atoms with Crippen LogP contribution in [0.1, 0.15) is 12.8 Å². The van der Waals surface area contributed by atoms with Crippen molar-refractivity contribution >= 4 is 0 Å². The van der Waals surface area contributed by atoms with E-state index in [-0.39, 0.29) is 0 Å². The third kappa shape index (κ3) is 0.657. The molecule has 1 N–H and O–H groups in total. The van der Waals surface area contributed by atoms with Crippen LogP contribution in [0.4, 0.5) is 0 Å². The molecule has 3 rings (SSSR count). The molecule has 2 unspecified atom stereocenters. The van der Waals surface area contributed by atoms with Crippen LogP contribution in [-0.4, -0.2) is 5.11 Å². The number of fused-ring (bicyclic) bond motifs is 3. The topological polar surface area (TPSA) is 20.2 Å². The minimum absolute atomic E-state index is 0.453. The van der Waals surface area contributed by atoms with Gasteiger partial charge in [0.1, 0.15) is 5.76 Å². The Hall–Kier alpha value is -0.980. The zero-order valence-corrected chi connectivity index (χ0v) is 6.25. The van der Waals surface area contributed by atoms with Gasteiger partial charge in [0.05, 0.1) is 0 Å². The zero-order chi connectivity index (χ0) is 7.42. The van der Waals surface area contributed by atoms with Gasteiger partial charge in [0.25, 0.3) is 0 Å². The molecule has 1 heteroatoms. The van der Waals surface area contributed by atoms with Crippen molar-refractivity contribution in [3.05, 3.63) is 35.1 Å². The van der Waals surface area contributed by atoms with Gasteiger partial charge in [-0.05, 0) is 42.4 Å². The molecule has 3 aliphatic carbocycles. The summed E-state index contributed by atoms with van der Waals surface area (Å²) in [4.78, 5) is 0. The fraction of sp³-hybridized carbons (Fsp3) is 0.400. The Morgan fingerprint density at radius 2 is 2.18 bits per heavy atom. The minimum Gasteiger partial charge on any atom is -0.508 e. The molecule has 0 aromatic heterocycles. The van der Waals surface area contributed by atoms with Crippen LogP contribution in [0.2, 0.25) is 0 Å². The average molecular weight is 146 g/mol. The van der Waals surface area contributed by atoms with Gasteiger partial charge in [-0.25, -0.2) is 0 Å². The molecule has 56 valence electrons. The number of allylic oxidation sites excluding steroid dienone is 5. The van der Waals surface area contributed by atoms with Crippen molar-refractivity contribution in [1.82, 2.24) is 0 Å². The maximum absolute atomic E-state index is 9.21. The predicted molar refractivity (Wildman–Crippen MR) is 43.1 cm³/mol. The maximum Gasteiger partial charge on any atom is 0.111 e. The first-order valence-corrected chi connectivity index (χ1v) is 4.16. The van der Waals surface area contributed by atoms with Crippen LogP contribution in [0, 0.1) is 11.8 Å². The number of aliphatic hydroxyl groups excluding tert-OH is 1. The van der Waals surface area contributed by atoms with Gasteiger partial charge >= 0.3 is 0 Å². The Balaban J connectivity index is 2.05. The highest BCUT2D eigenvalue weighted by Gasteiger charge is 2.43. The second-order valence-electron chi connectivity index (χ2n) is 3.65. The summed E-state index contributed by atoms with van der Waals surface area (Å²) >= 11 is 0. The molecule has 0 aliphatic heterocycles. The second kappa shape index (κ2) is 1.60. The molecule has 0 aromatic rings. The van der Waals surface area contributed by atoms with Crippen LogP contribution in [0.15, 0.2) is 35.1 Å². The SMILES string of the molecule is OC1=CCC2C(=C1)C=C1CC12. The van der Waals surface area contributed by atoms with Crippen molar-refractivity contribution < 1.29 is 5.11 Å². The number of hydrogen-bond donors (Lipinski definition) is 1. The fourth-order valence-corrected chi connectivity index (χ4v) is 2.24. The van der Waals surface area contributed by atoms with Crippen molar-refractivity contribution in [2.24, 2.45) is 11.8 Å². The first-order chi connectivity index (χ1) is 5.34. The molecule has 1 nitrogen and oxygen atoms in total. The van der Waals surface area contributed by atoms with Crippen LogP contribution < -0.4 is 0 Å². The van der Waals surface area contributed by atoms with Crippen molar-refractivity contribution in [3.8, 4) is 0 Å². The lowest BCUT2D eigenvalue weighted by Gasteiger charge is -2.15. The van der Waals surface area contributed by atoms with Crippen LogP contribution in [0.25, 0.3) is 0 Å². The molecular formula is C10H10O.